The first-order chi connectivity index (χ1) is 11.1. The largest absolute Gasteiger partial charge is 0.332 e. The first-order valence-corrected chi connectivity index (χ1v) is 7.67. The van der Waals surface area contributed by atoms with Crippen molar-refractivity contribution in [2.75, 3.05) is 6.54 Å². The predicted molar refractivity (Wildman–Crippen MR) is 88.7 cm³/mol. The first kappa shape index (κ1) is 17.0. The minimum absolute atomic E-state index is 0.114. The highest BCUT2D eigenvalue weighted by atomic mass is 35.5. The average molecular weight is 333 g/mol. The summed E-state index contributed by atoms with van der Waals surface area (Å²) in [6, 6.07) is 16.3. The van der Waals surface area contributed by atoms with E-state index in [0.717, 1.165) is 5.56 Å². The number of carbonyl (C=O) groups excluding carboxylic acids is 2. The van der Waals surface area contributed by atoms with Crippen LogP contribution >= 0.6 is 11.6 Å². The number of benzene rings is 2. The SMILES string of the molecule is C[C@@H]([NH2+]CC(=O)NNC(=O)c1ccccc1)c1ccc(Cl)cc1. The predicted octanol–water partition coefficient (Wildman–Crippen LogP) is 1.43. The summed E-state index contributed by atoms with van der Waals surface area (Å²) in [4.78, 5) is 23.6. The van der Waals surface area contributed by atoms with Gasteiger partial charge >= 0.3 is 0 Å². The van der Waals surface area contributed by atoms with Gasteiger partial charge in [-0.3, -0.25) is 20.4 Å². The van der Waals surface area contributed by atoms with Crippen LogP contribution in [-0.4, -0.2) is 18.4 Å². The molecule has 2 aromatic carbocycles. The van der Waals surface area contributed by atoms with Crippen molar-refractivity contribution in [1.82, 2.24) is 10.9 Å². The van der Waals surface area contributed by atoms with Gasteiger partial charge in [-0.1, -0.05) is 41.9 Å². The molecule has 2 amide bonds. The zero-order valence-corrected chi connectivity index (χ0v) is 13.5. The summed E-state index contributed by atoms with van der Waals surface area (Å²) in [5, 5.41) is 2.56. The summed E-state index contributed by atoms with van der Waals surface area (Å²) in [7, 11) is 0. The van der Waals surface area contributed by atoms with Crippen LogP contribution in [0.4, 0.5) is 0 Å². The van der Waals surface area contributed by atoms with E-state index in [4.69, 9.17) is 11.6 Å². The van der Waals surface area contributed by atoms with Crippen molar-refractivity contribution in [2.24, 2.45) is 0 Å². The average Bonchev–Trinajstić information content (AvgIpc) is 2.59. The summed E-state index contributed by atoms with van der Waals surface area (Å²) in [6.45, 7) is 2.21. The van der Waals surface area contributed by atoms with Crippen molar-refractivity contribution in [1.29, 1.82) is 0 Å². The number of hydrazine groups is 1. The van der Waals surface area contributed by atoms with Gasteiger partial charge in [0.05, 0.1) is 0 Å². The molecule has 120 valence electrons. The van der Waals surface area contributed by atoms with Crippen LogP contribution in [0, 0.1) is 0 Å². The van der Waals surface area contributed by atoms with Crippen molar-refractivity contribution in [3.63, 3.8) is 0 Å². The highest BCUT2D eigenvalue weighted by molar-refractivity contribution is 6.30. The first-order valence-electron chi connectivity index (χ1n) is 7.29. The number of quaternary nitrogens is 1. The topological polar surface area (TPSA) is 74.8 Å². The van der Waals surface area contributed by atoms with Crippen LogP contribution < -0.4 is 16.2 Å². The van der Waals surface area contributed by atoms with Crippen molar-refractivity contribution in [3.05, 3.63) is 70.7 Å². The second-order valence-corrected chi connectivity index (χ2v) is 5.58. The molecule has 0 bridgehead atoms. The number of rotatable bonds is 5. The van der Waals surface area contributed by atoms with Crippen molar-refractivity contribution in [2.45, 2.75) is 13.0 Å². The van der Waals surface area contributed by atoms with Gasteiger partial charge in [-0.2, -0.15) is 0 Å². The van der Waals surface area contributed by atoms with E-state index in [1.165, 1.54) is 0 Å². The van der Waals surface area contributed by atoms with E-state index in [9.17, 15) is 9.59 Å². The summed E-state index contributed by atoms with van der Waals surface area (Å²) >= 11 is 5.85. The molecule has 0 unspecified atom stereocenters. The minimum Gasteiger partial charge on any atom is -0.332 e. The van der Waals surface area contributed by atoms with E-state index >= 15 is 0 Å². The van der Waals surface area contributed by atoms with Gasteiger partial charge in [-0.05, 0) is 31.2 Å². The van der Waals surface area contributed by atoms with Crippen molar-refractivity contribution < 1.29 is 14.9 Å². The molecule has 2 rings (SSSR count). The normalized spacial score (nSPS) is 11.6. The van der Waals surface area contributed by atoms with E-state index in [0.29, 0.717) is 10.6 Å². The number of amides is 2. The zero-order valence-electron chi connectivity index (χ0n) is 12.8. The lowest BCUT2D eigenvalue weighted by atomic mass is 10.1. The van der Waals surface area contributed by atoms with Crippen LogP contribution in [0.15, 0.2) is 54.6 Å². The van der Waals surface area contributed by atoms with E-state index in [2.05, 4.69) is 10.9 Å². The van der Waals surface area contributed by atoms with Gasteiger partial charge < -0.3 is 5.32 Å². The molecular weight excluding hydrogens is 314 g/mol. The molecule has 0 aliphatic rings. The van der Waals surface area contributed by atoms with Crippen LogP contribution in [0.5, 0.6) is 0 Å². The molecule has 0 aliphatic carbocycles. The number of hydrogen-bond acceptors (Lipinski definition) is 2. The van der Waals surface area contributed by atoms with Gasteiger partial charge in [-0.25, -0.2) is 0 Å². The number of nitrogens with one attached hydrogen (secondary N) is 2. The Bertz CT molecular complexity index is 659. The van der Waals surface area contributed by atoms with Crippen molar-refractivity contribution in [3.8, 4) is 0 Å². The lowest BCUT2D eigenvalue weighted by Crippen LogP contribution is -2.87. The van der Waals surface area contributed by atoms with Crippen LogP contribution in [-0.2, 0) is 4.79 Å². The molecule has 0 spiro atoms. The van der Waals surface area contributed by atoms with Crippen LogP contribution in [0.2, 0.25) is 5.02 Å². The Morgan fingerprint density at radius 1 is 1.04 bits per heavy atom. The lowest BCUT2D eigenvalue weighted by Gasteiger charge is -2.11. The third kappa shape index (κ3) is 5.39. The fraction of sp³-hybridized carbons (Fsp3) is 0.176. The number of hydrogen-bond donors (Lipinski definition) is 3. The molecule has 0 saturated carbocycles. The molecule has 0 radical (unpaired) electrons. The van der Waals surface area contributed by atoms with Gasteiger partial charge in [-0.15, -0.1) is 0 Å². The second kappa shape index (κ2) is 8.31. The molecular formula is C17H19ClN3O2+. The van der Waals surface area contributed by atoms with Crippen LogP contribution in [0.3, 0.4) is 0 Å². The molecule has 1 atom stereocenters. The third-order valence-corrected chi connectivity index (χ3v) is 3.66. The van der Waals surface area contributed by atoms with Gasteiger partial charge in [0, 0.05) is 16.1 Å². The van der Waals surface area contributed by atoms with Gasteiger partial charge in [0.25, 0.3) is 11.8 Å². The molecule has 6 heteroatoms. The fourth-order valence-electron chi connectivity index (χ4n) is 2.03. The smallest absolute Gasteiger partial charge is 0.293 e. The second-order valence-electron chi connectivity index (χ2n) is 5.15. The van der Waals surface area contributed by atoms with E-state index < -0.39 is 0 Å². The molecule has 23 heavy (non-hydrogen) atoms. The van der Waals surface area contributed by atoms with Gasteiger partial charge in [0.1, 0.15) is 6.04 Å². The maximum absolute atomic E-state index is 11.8. The number of halogens is 1. The van der Waals surface area contributed by atoms with Gasteiger partial charge in [0.15, 0.2) is 6.54 Å². The van der Waals surface area contributed by atoms with Crippen LogP contribution in [0.1, 0.15) is 28.9 Å². The summed E-state index contributed by atoms with van der Waals surface area (Å²) in [6.07, 6.45) is 0. The van der Waals surface area contributed by atoms with Crippen LogP contribution in [0.25, 0.3) is 0 Å². The maximum atomic E-state index is 11.8. The standard InChI is InChI=1S/C17H18ClN3O2/c1-12(13-7-9-15(18)10-8-13)19-11-16(22)20-21-17(23)14-5-3-2-4-6-14/h2-10,12,19H,11H2,1H3,(H,20,22)(H,21,23)/p+1/t12-/m1/s1. The molecule has 0 fully saturated rings. The molecule has 0 aromatic heterocycles. The Morgan fingerprint density at radius 2 is 1.70 bits per heavy atom. The highest BCUT2D eigenvalue weighted by Gasteiger charge is 2.12. The number of nitrogens with two attached hydrogens (primary N) is 1. The van der Waals surface area contributed by atoms with Gasteiger partial charge in [0.2, 0.25) is 0 Å². The third-order valence-electron chi connectivity index (χ3n) is 3.40. The zero-order chi connectivity index (χ0) is 16.7. The minimum atomic E-state index is -0.343. The molecule has 4 N–H and O–H groups in total. The summed E-state index contributed by atoms with van der Waals surface area (Å²) in [5.41, 5.74) is 6.37. The molecule has 2 aromatic rings. The van der Waals surface area contributed by atoms with E-state index in [1.807, 2.05) is 42.6 Å². The maximum Gasteiger partial charge on any atom is 0.293 e. The summed E-state index contributed by atoms with van der Waals surface area (Å²) in [5.74, 6) is -0.611. The Balaban J connectivity index is 1.74. The molecule has 5 nitrogen and oxygen atoms in total. The molecule has 0 saturated heterocycles. The highest BCUT2D eigenvalue weighted by Crippen LogP contribution is 2.13. The van der Waals surface area contributed by atoms with E-state index in [1.54, 1.807) is 24.3 Å². The Hall–Kier alpha value is -2.37. The fourth-order valence-corrected chi connectivity index (χ4v) is 2.15. The number of carbonyl (C=O) groups is 2. The lowest BCUT2D eigenvalue weighted by molar-refractivity contribution is -0.682. The van der Waals surface area contributed by atoms with E-state index in [-0.39, 0.29) is 24.4 Å². The van der Waals surface area contributed by atoms with Crippen molar-refractivity contribution >= 4 is 23.4 Å². The Morgan fingerprint density at radius 3 is 2.35 bits per heavy atom. The molecule has 0 aliphatic heterocycles. The Labute approximate surface area is 140 Å². The summed E-state index contributed by atoms with van der Waals surface area (Å²) < 4.78 is 0. The quantitative estimate of drug-likeness (QED) is 0.724. The monoisotopic (exact) mass is 332 g/mol. The Kier molecular flexibility index (Phi) is 6.14. The molecule has 0 heterocycles.